The van der Waals surface area contributed by atoms with Crippen LogP contribution in [0.5, 0.6) is 0 Å². The Bertz CT molecular complexity index is 424. The third-order valence-electron chi connectivity index (χ3n) is 3.38. The molecule has 0 spiro atoms. The van der Waals surface area contributed by atoms with Gasteiger partial charge in [-0.1, -0.05) is 0 Å². The third kappa shape index (κ3) is 2.75. The van der Waals surface area contributed by atoms with Gasteiger partial charge in [-0.3, -0.25) is 0 Å². The van der Waals surface area contributed by atoms with E-state index in [9.17, 15) is 0 Å². The molecule has 0 aromatic carbocycles. The van der Waals surface area contributed by atoms with Gasteiger partial charge in [0.1, 0.15) is 5.82 Å². The summed E-state index contributed by atoms with van der Waals surface area (Å²) in [6.07, 6.45) is 4.12. The number of aromatic nitrogens is 1. The molecule has 1 unspecified atom stereocenters. The lowest BCUT2D eigenvalue weighted by molar-refractivity contribution is 0.247. The fourth-order valence-corrected chi connectivity index (χ4v) is 2.32. The topological polar surface area (TPSA) is 43.2 Å². The first-order chi connectivity index (χ1) is 8.20. The minimum atomic E-state index is 0.496. The maximum absolute atomic E-state index is 8.89. The molecule has 1 aromatic heterocycles. The van der Waals surface area contributed by atoms with Crippen LogP contribution in [-0.4, -0.2) is 43.1 Å². The number of piperidine rings is 1. The van der Waals surface area contributed by atoms with E-state index in [2.05, 4.69) is 34.9 Å². The van der Waals surface area contributed by atoms with Gasteiger partial charge in [-0.05, 0) is 38.6 Å². The van der Waals surface area contributed by atoms with E-state index < -0.39 is 0 Å². The largest absolute Gasteiger partial charge is 0.355 e. The van der Waals surface area contributed by atoms with Crippen molar-refractivity contribution in [2.24, 2.45) is 0 Å². The average molecular weight is 230 g/mol. The van der Waals surface area contributed by atoms with Gasteiger partial charge >= 0.3 is 0 Å². The van der Waals surface area contributed by atoms with Gasteiger partial charge in [-0.15, -0.1) is 0 Å². The summed E-state index contributed by atoms with van der Waals surface area (Å²) >= 11 is 0. The Morgan fingerprint density at radius 1 is 1.59 bits per heavy atom. The predicted octanol–water partition coefficient (Wildman–Crippen LogP) is 1.48. The van der Waals surface area contributed by atoms with Gasteiger partial charge in [0.05, 0.1) is 11.6 Å². The summed E-state index contributed by atoms with van der Waals surface area (Å²) in [4.78, 5) is 8.88. The van der Waals surface area contributed by atoms with Crippen molar-refractivity contribution in [1.29, 1.82) is 5.26 Å². The Morgan fingerprint density at radius 3 is 3.12 bits per heavy atom. The maximum Gasteiger partial charge on any atom is 0.129 e. The first-order valence-electron chi connectivity index (χ1n) is 5.98. The van der Waals surface area contributed by atoms with Crippen molar-refractivity contribution in [3.63, 3.8) is 0 Å². The van der Waals surface area contributed by atoms with Gasteiger partial charge < -0.3 is 9.80 Å². The normalized spacial score (nSPS) is 20.9. The summed E-state index contributed by atoms with van der Waals surface area (Å²) in [5.41, 5.74) is 0.672. The molecule has 1 aromatic rings. The Hall–Kier alpha value is -1.60. The van der Waals surface area contributed by atoms with Crippen LogP contribution >= 0.6 is 0 Å². The zero-order chi connectivity index (χ0) is 12.3. The summed E-state index contributed by atoms with van der Waals surface area (Å²) < 4.78 is 0. The van der Waals surface area contributed by atoms with Crippen LogP contribution in [0.15, 0.2) is 18.3 Å². The molecule has 0 saturated carbocycles. The Kier molecular flexibility index (Phi) is 3.60. The van der Waals surface area contributed by atoms with Crippen molar-refractivity contribution in [1.82, 2.24) is 9.88 Å². The van der Waals surface area contributed by atoms with Crippen LogP contribution in [0, 0.1) is 11.3 Å². The van der Waals surface area contributed by atoms with Crippen LogP contribution < -0.4 is 4.90 Å². The SMILES string of the molecule is CN1CCCC(N(C)c2cc(C#N)ccn2)C1. The molecule has 2 heterocycles. The fraction of sp³-hybridized carbons (Fsp3) is 0.538. The molecule has 0 radical (unpaired) electrons. The molecule has 1 atom stereocenters. The van der Waals surface area contributed by atoms with Crippen LogP contribution in [0.25, 0.3) is 0 Å². The summed E-state index contributed by atoms with van der Waals surface area (Å²) in [6, 6.07) is 6.25. The van der Waals surface area contributed by atoms with Crippen molar-refractivity contribution in [3.05, 3.63) is 23.9 Å². The number of nitrogens with zero attached hydrogens (tertiary/aromatic N) is 4. The van der Waals surface area contributed by atoms with E-state index >= 15 is 0 Å². The number of likely N-dealkylation sites (tertiary alicyclic amines) is 1. The number of rotatable bonds is 2. The molecule has 90 valence electrons. The molecule has 0 bridgehead atoms. The Balaban J connectivity index is 2.13. The van der Waals surface area contributed by atoms with Crippen molar-refractivity contribution in [2.45, 2.75) is 18.9 Å². The van der Waals surface area contributed by atoms with E-state index in [-0.39, 0.29) is 0 Å². The molecule has 4 nitrogen and oxygen atoms in total. The minimum absolute atomic E-state index is 0.496. The van der Waals surface area contributed by atoms with E-state index in [4.69, 9.17) is 5.26 Å². The zero-order valence-electron chi connectivity index (χ0n) is 10.4. The smallest absolute Gasteiger partial charge is 0.129 e. The van der Waals surface area contributed by atoms with Crippen LogP contribution in [-0.2, 0) is 0 Å². The molecule has 0 N–H and O–H groups in total. The standard InChI is InChI=1S/C13H18N4/c1-16-7-3-4-12(10-16)17(2)13-8-11(9-14)5-6-15-13/h5-6,8,12H,3-4,7,10H2,1-2H3. The van der Waals surface area contributed by atoms with Gasteiger partial charge in [-0.2, -0.15) is 5.26 Å². The average Bonchev–Trinajstić information content (AvgIpc) is 2.38. The van der Waals surface area contributed by atoms with Crippen molar-refractivity contribution < 1.29 is 0 Å². The highest BCUT2D eigenvalue weighted by Crippen LogP contribution is 2.19. The molecule has 0 aliphatic carbocycles. The second kappa shape index (κ2) is 5.15. The molecule has 1 fully saturated rings. The first-order valence-corrected chi connectivity index (χ1v) is 5.98. The highest BCUT2D eigenvalue weighted by Gasteiger charge is 2.21. The van der Waals surface area contributed by atoms with Crippen LogP contribution in [0.4, 0.5) is 5.82 Å². The monoisotopic (exact) mass is 230 g/mol. The lowest BCUT2D eigenvalue weighted by atomic mass is 10.1. The Labute approximate surface area is 102 Å². The predicted molar refractivity (Wildman–Crippen MR) is 67.9 cm³/mol. The van der Waals surface area contributed by atoms with Crippen molar-refractivity contribution in [2.75, 3.05) is 32.1 Å². The highest BCUT2D eigenvalue weighted by atomic mass is 15.2. The number of hydrogen-bond acceptors (Lipinski definition) is 4. The van der Waals surface area contributed by atoms with Crippen molar-refractivity contribution >= 4 is 5.82 Å². The van der Waals surface area contributed by atoms with Gasteiger partial charge in [0, 0.05) is 25.8 Å². The zero-order valence-corrected chi connectivity index (χ0v) is 10.4. The van der Waals surface area contributed by atoms with Crippen LogP contribution in [0.2, 0.25) is 0 Å². The second-order valence-corrected chi connectivity index (χ2v) is 4.68. The molecular formula is C13H18N4. The number of anilines is 1. The number of likely N-dealkylation sites (N-methyl/N-ethyl adjacent to an activating group) is 2. The molecule has 1 aliphatic heterocycles. The number of pyridine rings is 1. The maximum atomic E-state index is 8.89. The van der Waals surface area contributed by atoms with Gasteiger partial charge in [0.25, 0.3) is 0 Å². The summed E-state index contributed by atoms with van der Waals surface area (Å²) in [5.74, 6) is 0.893. The highest BCUT2D eigenvalue weighted by molar-refractivity contribution is 5.45. The molecular weight excluding hydrogens is 212 g/mol. The van der Waals surface area contributed by atoms with Gasteiger partial charge in [0.2, 0.25) is 0 Å². The van der Waals surface area contributed by atoms with E-state index in [1.807, 2.05) is 6.07 Å². The lowest BCUT2D eigenvalue weighted by Crippen LogP contribution is -2.45. The van der Waals surface area contributed by atoms with E-state index in [0.29, 0.717) is 11.6 Å². The first kappa shape index (κ1) is 11.9. The van der Waals surface area contributed by atoms with E-state index in [0.717, 1.165) is 12.4 Å². The molecule has 2 rings (SSSR count). The second-order valence-electron chi connectivity index (χ2n) is 4.68. The molecule has 0 amide bonds. The summed E-state index contributed by atoms with van der Waals surface area (Å²) in [6.45, 7) is 2.24. The Morgan fingerprint density at radius 2 is 2.41 bits per heavy atom. The fourth-order valence-electron chi connectivity index (χ4n) is 2.32. The van der Waals surface area contributed by atoms with E-state index in [1.54, 1.807) is 12.3 Å². The third-order valence-corrected chi connectivity index (χ3v) is 3.38. The molecule has 1 saturated heterocycles. The molecule has 1 aliphatic rings. The van der Waals surface area contributed by atoms with Crippen LogP contribution in [0.1, 0.15) is 18.4 Å². The minimum Gasteiger partial charge on any atom is -0.355 e. The lowest BCUT2D eigenvalue weighted by Gasteiger charge is -2.36. The summed E-state index contributed by atoms with van der Waals surface area (Å²) in [7, 11) is 4.21. The summed E-state index contributed by atoms with van der Waals surface area (Å²) in [5, 5.41) is 8.89. The number of hydrogen-bond donors (Lipinski definition) is 0. The molecule has 17 heavy (non-hydrogen) atoms. The quantitative estimate of drug-likeness (QED) is 0.772. The van der Waals surface area contributed by atoms with E-state index in [1.165, 1.54) is 19.4 Å². The number of nitriles is 1. The van der Waals surface area contributed by atoms with Crippen LogP contribution in [0.3, 0.4) is 0 Å². The van der Waals surface area contributed by atoms with Crippen molar-refractivity contribution in [3.8, 4) is 6.07 Å². The van der Waals surface area contributed by atoms with Gasteiger partial charge in [0.15, 0.2) is 0 Å². The molecule has 4 heteroatoms. The van der Waals surface area contributed by atoms with Gasteiger partial charge in [-0.25, -0.2) is 4.98 Å².